The van der Waals surface area contributed by atoms with Gasteiger partial charge in [-0.15, -0.1) is 11.3 Å². The monoisotopic (exact) mass is 530 g/mol. The van der Waals surface area contributed by atoms with E-state index in [2.05, 4.69) is 15.6 Å². The van der Waals surface area contributed by atoms with Crippen molar-refractivity contribution in [1.29, 1.82) is 0 Å². The summed E-state index contributed by atoms with van der Waals surface area (Å²) in [6.07, 6.45) is 3.46. The van der Waals surface area contributed by atoms with E-state index in [-0.39, 0.29) is 18.0 Å². The molecule has 2 aliphatic rings. The summed E-state index contributed by atoms with van der Waals surface area (Å²) in [7, 11) is 0. The number of thiophene rings is 1. The van der Waals surface area contributed by atoms with Gasteiger partial charge in [-0.05, 0) is 61.7 Å². The smallest absolute Gasteiger partial charge is 0.331 e. The molecule has 38 heavy (non-hydrogen) atoms. The van der Waals surface area contributed by atoms with Gasteiger partial charge < -0.3 is 20.1 Å². The van der Waals surface area contributed by atoms with Crippen molar-refractivity contribution in [3.8, 4) is 11.5 Å². The number of pyridine rings is 1. The quantitative estimate of drug-likeness (QED) is 0.289. The van der Waals surface area contributed by atoms with Crippen LogP contribution in [-0.2, 0) is 4.74 Å². The molecule has 0 spiro atoms. The van der Waals surface area contributed by atoms with Crippen molar-refractivity contribution in [1.82, 2.24) is 10.3 Å². The van der Waals surface area contributed by atoms with Crippen LogP contribution in [-0.4, -0.2) is 36.2 Å². The normalized spacial score (nSPS) is 16.3. The maximum atomic E-state index is 13.4. The number of nitrogens with one attached hydrogen (secondary N) is 2. The van der Waals surface area contributed by atoms with E-state index < -0.39 is 0 Å². The second kappa shape index (κ2) is 11.2. The Labute approximate surface area is 225 Å². The van der Waals surface area contributed by atoms with Gasteiger partial charge in [-0.2, -0.15) is 0 Å². The number of hydrogen-bond donors (Lipinski definition) is 2. The van der Waals surface area contributed by atoms with E-state index in [1.165, 1.54) is 11.3 Å². The summed E-state index contributed by atoms with van der Waals surface area (Å²) in [4.78, 5) is 33.8. The first kappa shape index (κ1) is 25.7. The van der Waals surface area contributed by atoms with E-state index in [1.807, 2.05) is 75.4 Å². The fourth-order valence-electron chi connectivity index (χ4n) is 4.66. The van der Waals surface area contributed by atoms with Crippen molar-refractivity contribution in [2.75, 3.05) is 23.4 Å². The van der Waals surface area contributed by atoms with Crippen LogP contribution in [0, 0.1) is 6.92 Å². The Kier molecular flexibility index (Phi) is 7.57. The summed E-state index contributed by atoms with van der Waals surface area (Å²) in [5.74, 6) is 1.20. The lowest BCUT2D eigenvalue weighted by molar-refractivity contribution is 0.0626. The first-order valence-electron chi connectivity index (χ1n) is 12.8. The molecule has 0 radical (unpaired) electrons. The molecular formula is C29H30N4O4S. The van der Waals surface area contributed by atoms with Crippen molar-refractivity contribution in [3.05, 3.63) is 71.2 Å². The molecule has 0 aliphatic carbocycles. The number of ether oxygens (including phenoxy) is 2. The standard InChI is InChI=1S/C27H24N4O4S.C2H6/c1-16-14-19(35-18-7-3-2-4-8-18)9-10-20(16)31-21-11-12-28-26-22(21)23(30-27(31)33)24(36-26)25(32)29-17-6-5-13-34-15-17;1-2/h2-4,7-12,14,17H,5-6,13,15H2,1H3,(H,29,32)(H,30,33);1-2H3. The van der Waals surface area contributed by atoms with Gasteiger partial charge in [0.1, 0.15) is 21.2 Å². The number of amides is 3. The first-order chi connectivity index (χ1) is 18.6. The zero-order valence-corrected chi connectivity index (χ0v) is 22.4. The second-order valence-corrected chi connectivity index (χ2v) is 9.83. The van der Waals surface area contributed by atoms with Gasteiger partial charge in [0.2, 0.25) is 0 Å². The highest BCUT2D eigenvalue weighted by molar-refractivity contribution is 7.21. The molecule has 8 nitrogen and oxygen atoms in total. The fourth-order valence-corrected chi connectivity index (χ4v) is 5.68. The number of nitrogens with zero attached hydrogens (tertiary/aromatic N) is 2. The molecule has 6 rings (SSSR count). The summed E-state index contributed by atoms with van der Waals surface area (Å²) in [5, 5.41) is 6.76. The minimum absolute atomic E-state index is 0.0360. The van der Waals surface area contributed by atoms with Gasteiger partial charge in [0, 0.05) is 12.8 Å². The summed E-state index contributed by atoms with van der Waals surface area (Å²) >= 11 is 1.28. The first-order valence-corrected chi connectivity index (χ1v) is 13.6. The number of hydrogen-bond acceptors (Lipinski definition) is 6. The van der Waals surface area contributed by atoms with E-state index in [0.717, 1.165) is 41.8 Å². The van der Waals surface area contributed by atoms with Crippen LogP contribution in [0.1, 0.15) is 41.9 Å². The average molecular weight is 531 g/mol. The molecule has 2 aliphatic heterocycles. The van der Waals surface area contributed by atoms with Crippen LogP contribution in [0.2, 0.25) is 0 Å². The highest BCUT2D eigenvalue weighted by atomic mass is 32.1. The number of carbonyl (C=O) groups is 2. The van der Waals surface area contributed by atoms with Gasteiger partial charge in [-0.1, -0.05) is 32.0 Å². The van der Waals surface area contributed by atoms with Gasteiger partial charge in [0.25, 0.3) is 5.91 Å². The third kappa shape index (κ3) is 4.94. The fraction of sp³-hybridized carbons (Fsp3) is 0.276. The van der Waals surface area contributed by atoms with Crippen molar-refractivity contribution in [2.24, 2.45) is 0 Å². The SMILES string of the molecule is CC.Cc1cc(Oc2ccccc2)ccc1N1C(=O)Nc2c(C(=O)NC3CCCOC3)sc3nccc1c23. The molecule has 2 N–H and O–H groups in total. The molecule has 3 amide bonds. The number of rotatable bonds is 5. The van der Waals surface area contributed by atoms with Gasteiger partial charge in [-0.25, -0.2) is 9.78 Å². The third-order valence-corrected chi connectivity index (χ3v) is 7.43. The lowest BCUT2D eigenvalue weighted by Gasteiger charge is -2.29. The molecule has 1 fully saturated rings. The molecule has 2 aromatic heterocycles. The van der Waals surface area contributed by atoms with Gasteiger partial charge in [-0.3, -0.25) is 9.69 Å². The zero-order chi connectivity index (χ0) is 26.6. The van der Waals surface area contributed by atoms with E-state index in [0.29, 0.717) is 33.4 Å². The molecule has 1 atom stereocenters. The summed E-state index contributed by atoms with van der Waals surface area (Å²) in [5.41, 5.74) is 2.80. The van der Waals surface area contributed by atoms with Crippen LogP contribution >= 0.6 is 11.3 Å². The zero-order valence-electron chi connectivity index (χ0n) is 21.6. The minimum atomic E-state index is -0.330. The Bertz CT molecular complexity index is 1460. The molecule has 9 heteroatoms. The third-order valence-electron chi connectivity index (χ3n) is 6.34. The maximum absolute atomic E-state index is 13.4. The molecule has 1 unspecified atom stereocenters. The largest absolute Gasteiger partial charge is 0.457 e. The summed E-state index contributed by atoms with van der Waals surface area (Å²) < 4.78 is 11.4. The highest BCUT2D eigenvalue weighted by Gasteiger charge is 2.33. The van der Waals surface area contributed by atoms with Crippen LogP contribution in [0.15, 0.2) is 60.8 Å². The van der Waals surface area contributed by atoms with Crippen molar-refractivity contribution < 1.29 is 19.1 Å². The Morgan fingerprint density at radius 1 is 1.13 bits per heavy atom. The number of urea groups is 1. The van der Waals surface area contributed by atoms with E-state index >= 15 is 0 Å². The number of benzene rings is 2. The Morgan fingerprint density at radius 2 is 1.95 bits per heavy atom. The van der Waals surface area contributed by atoms with E-state index in [1.54, 1.807) is 11.1 Å². The Balaban J connectivity index is 0.00000144. The molecule has 2 aromatic carbocycles. The highest BCUT2D eigenvalue weighted by Crippen LogP contribution is 2.46. The molecule has 1 saturated heterocycles. The molecular weight excluding hydrogens is 500 g/mol. The van der Waals surface area contributed by atoms with Crippen LogP contribution in [0.3, 0.4) is 0 Å². The molecule has 4 aromatic rings. The number of anilines is 3. The molecule has 0 bridgehead atoms. The topological polar surface area (TPSA) is 92.8 Å². The Morgan fingerprint density at radius 3 is 2.68 bits per heavy atom. The van der Waals surface area contributed by atoms with Crippen LogP contribution < -0.4 is 20.3 Å². The second-order valence-electron chi connectivity index (χ2n) is 8.83. The van der Waals surface area contributed by atoms with Crippen LogP contribution in [0.25, 0.3) is 10.2 Å². The molecule has 0 saturated carbocycles. The van der Waals surface area contributed by atoms with Crippen molar-refractivity contribution in [2.45, 2.75) is 39.7 Å². The summed E-state index contributed by atoms with van der Waals surface area (Å²) in [6, 6.07) is 16.6. The van der Waals surface area contributed by atoms with Crippen LogP contribution in [0.5, 0.6) is 11.5 Å². The van der Waals surface area contributed by atoms with Crippen molar-refractivity contribution in [3.63, 3.8) is 0 Å². The number of para-hydroxylation sites is 1. The predicted octanol–water partition coefficient (Wildman–Crippen LogP) is 7.02. The number of aryl methyl sites for hydroxylation is 1. The number of aromatic nitrogens is 1. The van der Waals surface area contributed by atoms with E-state index in [9.17, 15) is 9.59 Å². The van der Waals surface area contributed by atoms with E-state index in [4.69, 9.17) is 9.47 Å². The lowest BCUT2D eigenvalue weighted by atomic mass is 10.1. The van der Waals surface area contributed by atoms with Gasteiger partial charge >= 0.3 is 6.03 Å². The number of carbonyl (C=O) groups excluding carboxylic acids is 2. The molecule has 4 heterocycles. The maximum Gasteiger partial charge on any atom is 0.331 e. The lowest BCUT2D eigenvalue weighted by Crippen LogP contribution is -2.41. The Hall–Kier alpha value is -3.95. The minimum Gasteiger partial charge on any atom is -0.457 e. The van der Waals surface area contributed by atoms with Gasteiger partial charge in [0.05, 0.1) is 35.1 Å². The average Bonchev–Trinajstić information content (AvgIpc) is 3.31. The summed E-state index contributed by atoms with van der Waals surface area (Å²) in [6.45, 7) is 7.16. The van der Waals surface area contributed by atoms with Gasteiger partial charge in [0.15, 0.2) is 0 Å². The van der Waals surface area contributed by atoms with Crippen molar-refractivity contribution >= 4 is 50.6 Å². The predicted molar refractivity (Wildman–Crippen MR) is 151 cm³/mol. The van der Waals surface area contributed by atoms with Crippen LogP contribution in [0.4, 0.5) is 21.9 Å². The molecule has 196 valence electrons.